The quantitative estimate of drug-likeness (QED) is 0.183. The van der Waals surface area contributed by atoms with Gasteiger partial charge < -0.3 is 4.57 Å². The summed E-state index contributed by atoms with van der Waals surface area (Å²) < 4.78 is 22.8. The minimum absolute atomic E-state index is 0.576. The highest BCUT2D eigenvalue weighted by atomic mass is 32.2. The SMILES string of the molecule is O=S1(c2ccccc2)=NC2=C(c3cc(-c4ccc5c(c4)c4ccccc4n5-c4ccccc4)ccc3C=C(c3ccccc3)C2)c2ccccc21. The van der Waals surface area contributed by atoms with E-state index in [0.717, 1.165) is 65.7 Å². The van der Waals surface area contributed by atoms with Gasteiger partial charge in [-0.25, -0.2) is 4.21 Å². The molecule has 0 bridgehead atoms. The molecule has 0 fully saturated rings. The molecule has 0 amide bonds. The lowest BCUT2D eigenvalue weighted by molar-refractivity contribution is 0.675. The van der Waals surface area contributed by atoms with Crippen molar-refractivity contribution in [3.8, 4) is 16.8 Å². The molecule has 4 heteroatoms. The van der Waals surface area contributed by atoms with Crippen LogP contribution in [0.2, 0.25) is 0 Å². The van der Waals surface area contributed by atoms with Crippen molar-refractivity contribution < 1.29 is 4.21 Å². The van der Waals surface area contributed by atoms with Gasteiger partial charge in [-0.2, -0.15) is 4.36 Å². The molecule has 7 aromatic carbocycles. The molecular weight excluding hydrogens is 641 g/mol. The second-order valence-electron chi connectivity index (χ2n) is 13.2. The van der Waals surface area contributed by atoms with Gasteiger partial charge in [0.25, 0.3) is 0 Å². The van der Waals surface area contributed by atoms with Crippen molar-refractivity contribution in [3.05, 3.63) is 204 Å². The van der Waals surface area contributed by atoms with Crippen LogP contribution in [0.3, 0.4) is 0 Å². The Labute approximate surface area is 297 Å². The van der Waals surface area contributed by atoms with Crippen LogP contribution >= 0.6 is 0 Å². The molecular formula is C47H32N2OS. The molecule has 242 valence electrons. The minimum Gasteiger partial charge on any atom is -0.309 e. The molecule has 0 radical (unpaired) electrons. The summed E-state index contributed by atoms with van der Waals surface area (Å²) in [6.45, 7) is 0. The van der Waals surface area contributed by atoms with Crippen LogP contribution in [-0.2, 0) is 9.73 Å². The largest absolute Gasteiger partial charge is 0.309 e. The van der Waals surface area contributed by atoms with Gasteiger partial charge in [0.1, 0.15) is 9.73 Å². The molecule has 51 heavy (non-hydrogen) atoms. The third-order valence-corrected chi connectivity index (χ3v) is 12.6. The lowest BCUT2D eigenvalue weighted by Gasteiger charge is -2.25. The molecule has 1 aromatic heterocycles. The van der Waals surface area contributed by atoms with E-state index >= 15 is 4.21 Å². The van der Waals surface area contributed by atoms with Crippen molar-refractivity contribution in [2.24, 2.45) is 4.36 Å². The summed E-state index contributed by atoms with van der Waals surface area (Å²) >= 11 is 0. The third-order valence-electron chi connectivity index (χ3n) is 10.2. The Morgan fingerprint density at radius 1 is 0.529 bits per heavy atom. The average Bonchev–Trinajstić information content (AvgIpc) is 3.43. The molecule has 3 nitrogen and oxygen atoms in total. The van der Waals surface area contributed by atoms with Gasteiger partial charge in [-0.15, -0.1) is 0 Å². The van der Waals surface area contributed by atoms with Crippen LogP contribution in [-0.4, -0.2) is 8.78 Å². The van der Waals surface area contributed by atoms with Gasteiger partial charge in [0.05, 0.1) is 26.5 Å². The molecule has 10 rings (SSSR count). The number of para-hydroxylation sites is 2. The number of hydrogen-bond donors (Lipinski definition) is 0. The molecule has 0 spiro atoms. The first-order valence-corrected chi connectivity index (χ1v) is 18.8. The summed E-state index contributed by atoms with van der Waals surface area (Å²) in [6, 6.07) is 61.2. The zero-order chi connectivity index (χ0) is 33.9. The molecule has 1 unspecified atom stereocenters. The normalized spacial score (nSPS) is 16.5. The maximum absolute atomic E-state index is 15.2. The van der Waals surface area contributed by atoms with E-state index in [2.05, 4.69) is 138 Å². The van der Waals surface area contributed by atoms with E-state index in [9.17, 15) is 0 Å². The van der Waals surface area contributed by atoms with E-state index in [-0.39, 0.29) is 0 Å². The number of nitrogens with zero attached hydrogens (tertiary/aromatic N) is 2. The van der Waals surface area contributed by atoms with Crippen molar-refractivity contribution >= 4 is 48.8 Å². The Balaban J connectivity index is 1.22. The Morgan fingerprint density at radius 2 is 1.18 bits per heavy atom. The number of benzene rings is 7. The second-order valence-corrected chi connectivity index (χ2v) is 15.3. The van der Waals surface area contributed by atoms with Crippen molar-refractivity contribution in [2.45, 2.75) is 16.2 Å². The Bertz CT molecular complexity index is 2860. The van der Waals surface area contributed by atoms with Gasteiger partial charge in [0.15, 0.2) is 0 Å². The molecule has 2 aliphatic rings. The smallest absolute Gasteiger partial charge is 0.109 e. The summed E-state index contributed by atoms with van der Waals surface area (Å²) in [6.07, 6.45) is 2.87. The van der Waals surface area contributed by atoms with Gasteiger partial charge in [0, 0.05) is 34.0 Å². The van der Waals surface area contributed by atoms with Gasteiger partial charge >= 0.3 is 0 Å². The number of rotatable bonds is 4. The maximum Gasteiger partial charge on any atom is 0.109 e. The highest BCUT2D eigenvalue weighted by Crippen LogP contribution is 2.47. The van der Waals surface area contributed by atoms with E-state index in [1.54, 1.807) is 0 Å². The van der Waals surface area contributed by atoms with E-state index in [1.165, 1.54) is 21.8 Å². The predicted octanol–water partition coefficient (Wildman–Crippen LogP) is 12.1. The second kappa shape index (κ2) is 11.7. The minimum atomic E-state index is -2.91. The molecule has 1 aliphatic heterocycles. The van der Waals surface area contributed by atoms with Crippen LogP contribution in [0, 0.1) is 0 Å². The highest BCUT2D eigenvalue weighted by Gasteiger charge is 2.31. The number of hydrogen-bond acceptors (Lipinski definition) is 2. The van der Waals surface area contributed by atoms with Gasteiger partial charge in [-0.3, -0.25) is 0 Å². The topological polar surface area (TPSA) is 34.4 Å². The first kappa shape index (κ1) is 29.7. The standard InChI is InChI=1S/C47H32N2OS/c50-51(38-18-8-3-9-19-38)46-23-13-11-21-40(46)47-41-29-33(24-25-35(41)28-36(31-43(47)48-51)32-14-4-1-5-15-32)34-26-27-45-42(30-34)39-20-10-12-22-44(39)49(45)37-16-6-2-7-17-37/h1-30H,31H2. The zero-order valence-corrected chi connectivity index (χ0v) is 28.6. The fourth-order valence-corrected chi connectivity index (χ4v) is 10.0. The summed E-state index contributed by atoms with van der Waals surface area (Å²) in [5.74, 6) is 0. The maximum atomic E-state index is 15.2. The monoisotopic (exact) mass is 672 g/mol. The van der Waals surface area contributed by atoms with Gasteiger partial charge in [-0.05, 0) is 88.0 Å². The van der Waals surface area contributed by atoms with Crippen LogP contribution in [0.15, 0.2) is 196 Å². The van der Waals surface area contributed by atoms with E-state index in [4.69, 9.17) is 4.36 Å². The van der Waals surface area contributed by atoms with Crippen LogP contribution < -0.4 is 0 Å². The van der Waals surface area contributed by atoms with Crippen molar-refractivity contribution in [3.63, 3.8) is 0 Å². The molecule has 0 N–H and O–H groups in total. The predicted molar refractivity (Wildman–Crippen MR) is 211 cm³/mol. The molecule has 1 aliphatic carbocycles. The Hall–Kier alpha value is -6.23. The van der Waals surface area contributed by atoms with Crippen LogP contribution in [0.1, 0.15) is 28.7 Å². The molecule has 8 aromatic rings. The van der Waals surface area contributed by atoms with Crippen molar-refractivity contribution in [1.29, 1.82) is 0 Å². The fraction of sp³-hybridized carbons (Fsp3) is 0.0213. The first-order valence-electron chi connectivity index (χ1n) is 17.3. The third kappa shape index (κ3) is 4.75. The summed E-state index contributed by atoms with van der Waals surface area (Å²) in [5, 5.41) is 2.44. The lowest BCUT2D eigenvalue weighted by atomic mass is 9.90. The number of aromatic nitrogens is 1. The van der Waals surface area contributed by atoms with E-state index < -0.39 is 9.73 Å². The lowest BCUT2D eigenvalue weighted by Crippen LogP contribution is -2.12. The Kier molecular flexibility index (Phi) is 6.80. The summed E-state index contributed by atoms with van der Waals surface area (Å²) in [4.78, 5) is 1.50. The van der Waals surface area contributed by atoms with Crippen LogP contribution in [0.4, 0.5) is 0 Å². The number of fused-ring (bicyclic) bond motifs is 7. The fourth-order valence-electron chi connectivity index (χ4n) is 7.87. The summed E-state index contributed by atoms with van der Waals surface area (Å²) in [5.41, 5.74) is 13.2. The highest BCUT2D eigenvalue weighted by molar-refractivity contribution is 7.94. The molecule has 2 heterocycles. The van der Waals surface area contributed by atoms with Gasteiger partial charge in [0.2, 0.25) is 0 Å². The van der Waals surface area contributed by atoms with Crippen LogP contribution in [0.5, 0.6) is 0 Å². The Morgan fingerprint density at radius 3 is 2.00 bits per heavy atom. The summed E-state index contributed by atoms with van der Waals surface area (Å²) in [7, 11) is -2.91. The van der Waals surface area contributed by atoms with Crippen molar-refractivity contribution in [1.82, 2.24) is 4.57 Å². The van der Waals surface area contributed by atoms with E-state index in [0.29, 0.717) is 6.42 Å². The average molecular weight is 673 g/mol. The van der Waals surface area contributed by atoms with Gasteiger partial charge in [-0.1, -0.05) is 127 Å². The van der Waals surface area contributed by atoms with E-state index in [1.807, 2.05) is 48.5 Å². The van der Waals surface area contributed by atoms with Crippen molar-refractivity contribution in [2.75, 3.05) is 0 Å². The zero-order valence-electron chi connectivity index (χ0n) is 27.7. The molecule has 0 saturated heterocycles. The number of allylic oxidation sites excluding steroid dienone is 1. The first-order chi connectivity index (χ1) is 25.2. The molecule has 1 atom stereocenters. The molecule has 0 saturated carbocycles. The van der Waals surface area contributed by atoms with Crippen LogP contribution in [0.25, 0.3) is 55.8 Å².